The van der Waals surface area contributed by atoms with Crippen LogP contribution in [0.1, 0.15) is 5.01 Å². The number of ketones is 1. The predicted octanol–water partition coefficient (Wildman–Crippen LogP) is 0.778. The van der Waals surface area contributed by atoms with Crippen molar-refractivity contribution in [2.75, 3.05) is 0 Å². The average molecular weight is 152 g/mol. The van der Waals surface area contributed by atoms with Gasteiger partial charge in [0.2, 0.25) is 5.78 Å². The van der Waals surface area contributed by atoms with Gasteiger partial charge < -0.3 is 0 Å². The summed E-state index contributed by atoms with van der Waals surface area (Å²) in [4.78, 5) is 14.3. The third-order valence-corrected chi connectivity index (χ3v) is 1.70. The molecule has 0 unspecified atom stereocenters. The van der Waals surface area contributed by atoms with Gasteiger partial charge >= 0.3 is 0 Å². The fraction of sp³-hybridized carbons (Fsp3) is 0.167. The predicted molar refractivity (Wildman–Crippen MR) is 36.4 cm³/mol. The highest BCUT2D eigenvalue weighted by molar-refractivity contribution is 7.09. The van der Waals surface area contributed by atoms with Gasteiger partial charge in [-0.15, -0.1) is 11.3 Å². The first-order valence-electron chi connectivity index (χ1n) is 2.64. The zero-order chi connectivity index (χ0) is 7.40. The van der Waals surface area contributed by atoms with Gasteiger partial charge in [0.25, 0.3) is 0 Å². The number of hydrogen-bond acceptors (Lipinski definition) is 4. The standard InChI is InChI=1S/C6H4N2OS/c7-4-5(9)3-6-8-1-2-10-6/h1-2H,3H2. The van der Waals surface area contributed by atoms with Gasteiger partial charge in [0.15, 0.2) is 0 Å². The van der Waals surface area contributed by atoms with Crippen molar-refractivity contribution >= 4 is 17.1 Å². The Bertz CT molecular complexity index is 260. The topological polar surface area (TPSA) is 53.8 Å². The van der Waals surface area contributed by atoms with Crippen LogP contribution in [0.15, 0.2) is 11.6 Å². The molecule has 4 heteroatoms. The molecule has 10 heavy (non-hydrogen) atoms. The molecule has 0 spiro atoms. The molecule has 0 amide bonds. The van der Waals surface area contributed by atoms with E-state index in [9.17, 15) is 4.79 Å². The van der Waals surface area contributed by atoms with Crippen LogP contribution in [0, 0.1) is 11.3 Å². The summed E-state index contributed by atoms with van der Waals surface area (Å²) in [6.07, 6.45) is 1.76. The van der Waals surface area contributed by atoms with Gasteiger partial charge in [-0.3, -0.25) is 4.79 Å². The number of hydrogen-bond donors (Lipinski definition) is 0. The Kier molecular flexibility index (Phi) is 2.13. The van der Waals surface area contributed by atoms with Crippen LogP contribution in [0.4, 0.5) is 0 Å². The number of rotatable bonds is 2. The summed E-state index contributed by atoms with van der Waals surface area (Å²) >= 11 is 1.38. The third-order valence-electron chi connectivity index (χ3n) is 0.920. The molecule has 0 N–H and O–H groups in total. The molecule has 1 rings (SSSR count). The molecule has 1 heterocycles. The smallest absolute Gasteiger partial charge is 0.238 e. The largest absolute Gasteiger partial charge is 0.282 e. The summed E-state index contributed by atoms with van der Waals surface area (Å²) in [5.74, 6) is -0.435. The lowest BCUT2D eigenvalue weighted by molar-refractivity contribution is -0.113. The van der Waals surface area contributed by atoms with E-state index in [0.29, 0.717) is 5.01 Å². The molecule has 1 aromatic heterocycles. The Balaban J connectivity index is 2.59. The molecular weight excluding hydrogens is 148 g/mol. The maximum atomic E-state index is 10.5. The van der Waals surface area contributed by atoms with Crippen LogP contribution in [0.3, 0.4) is 0 Å². The van der Waals surface area contributed by atoms with Crippen LogP contribution in [-0.4, -0.2) is 10.8 Å². The van der Waals surface area contributed by atoms with E-state index in [-0.39, 0.29) is 6.42 Å². The van der Waals surface area contributed by atoms with Gasteiger partial charge in [-0.05, 0) is 0 Å². The van der Waals surface area contributed by atoms with E-state index in [1.165, 1.54) is 17.4 Å². The summed E-state index contributed by atoms with van der Waals surface area (Å²) in [6, 6.07) is 1.53. The number of nitrogens with zero attached hydrogens (tertiary/aromatic N) is 2. The molecule has 0 aliphatic carbocycles. The van der Waals surface area contributed by atoms with Crippen molar-refractivity contribution in [1.29, 1.82) is 5.26 Å². The molecule has 0 bridgehead atoms. The first-order chi connectivity index (χ1) is 4.83. The van der Waals surface area contributed by atoms with Gasteiger partial charge in [0, 0.05) is 11.6 Å². The number of aromatic nitrogens is 1. The fourth-order valence-electron chi connectivity index (χ4n) is 0.517. The van der Waals surface area contributed by atoms with Crippen molar-refractivity contribution in [1.82, 2.24) is 4.98 Å². The van der Waals surface area contributed by atoms with E-state index in [2.05, 4.69) is 4.98 Å². The molecule has 50 valence electrons. The summed E-state index contributed by atoms with van der Waals surface area (Å²) in [6.45, 7) is 0. The van der Waals surface area contributed by atoms with E-state index in [0.717, 1.165) is 0 Å². The third kappa shape index (κ3) is 1.64. The lowest BCUT2D eigenvalue weighted by Crippen LogP contribution is -1.96. The molecule has 0 radical (unpaired) electrons. The molecule has 0 aliphatic rings. The number of Topliss-reactive ketones (excluding diaryl/α,β-unsaturated/α-hetero) is 1. The number of carbonyl (C=O) groups is 1. The van der Waals surface area contributed by atoms with E-state index in [1.54, 1.807) is 11.6 Å². The quantitative estimate of drug-likeness (QED) is 0.588. The van der Waals surface area contributed by atoms with Crippen LogP contribution >= 0.6 is 11.3 Å². The van der Waals surface area contributed by atoms with Crippen molar-refractivity contribution in [3.8, 4) is 6.07 Å². The van der Waals surface area contributed by atoms with Crippen LogP contribution in [0.5, 0.6) is 0 Å². The Morgan fingerprint density at radius 1 is 1.90 bits per heavy atom. The second kappa shape index (κ2) is 3.08. The molecule has 0 saturated heterocycles. The van der Waals surface area contributed by atoms with Crippen molar-refractivity contribution < 1.29 is 4.79 Å². The molecule has 0 aromatic carbocycles. The lowest BCUT2D eigenvalue weighted by Gasteiger charge is -1.82. The maximum Gasteiger partial charge on any atom is 0.238 e. The lowest BCUT2D eigenvalue weighted by atomic mass is 10.3. The minimum absolute atomic E-state index is 0.147. The summed E-state index contributed by atoms with van der Waals surface area (Å²) in [7, 11) is 0. The Hall–Kier alpha value is -1.21. The highest BCUT2D eigenvalue weighted by Crippen LogP contribution is 2.04. The summed E-state index contributed by atoms with van der Waals surface area (Å²) in [5, 5.41) is 10.6. The minimum Gasteiger partial charge on any atom is -0.282 e. The molecule has 3 nitrogen and oxygen atoms in total. The fourth-order valence-corrected chi connectivity index (χ4v) is 1.13. The Labute approximate surface area is 61.9 Å². The normalized spacial score (nSPS) is 8.70. The van der Waals surface area contributed by atoms with Gasteiger partial charge in [-0.2, -0.15) is 5.26 Å². The second-order valence-corrected chi connectivity index (χ2v) is 2.62. The van der Waals surface area contributed by atoms with E-state index in [4.69, 9.17) is 5.26 Å². The first-order valence-corrected chi connectivity index (χ1v) is 3.52. The highest BCUT2D eigenvalue weighted by atomic mass is 32.1. The van der Waals surface area contributed by atoms with Crippen LogP contribution < -0.4 is 0 Å². The second-order valence-electron chi connectivity index (χ2n) is 1.64. The highest BCUT2D eigenvalue weighted by Gasteiger charge is 2.02. The van der Waals surface area contributed by atoms with E-state index in [1.807, 2.05) is 0 Å². The number of carbonyl (C=O) groups excluding carboxylic acids is 1. The zero-order valence-corrected chi connectivity index (χ0v) is 5.89. The number of thiazole rings is 1. The van der Waals surface area contributed by atoms with Gasteiger partial charge in [0.05, 0.1) is 6.42 Å². The average Bonchev–Trinajstić information content (AvgIpc) is 2.40. The molecule has 0 saturated carbocycles. The van der Waals surface area contributed by atoms with Crippen molar-refractivity contribution in [3.05, 3.63) is 16.6 Å². The molecule has 1 aromatic rings. The van der Waals surface area contributed by atoms with Crippen LogP contribution in [0.25, 0.3) is 0 Å². The summed E-state index contributed by atoms with van der Waals surface area (Å²) in [5.41, 5.74) is 0. The van der Waals surface area contributed by atoms with E-state index >= 15 is 0 Å². The monoisotopic (exact) mass is 152 g/mol. The van der Waals surface area contributed by atoms with Crippen LogP contribution in [0.2, 0.25) is 0 Å². The minimum atomic E-state index is -0.435. The summed E-state index contributed by atoms with van der Waals surface area (Å²) < 4.78 is 0. The molecule has 0 atom stereocenters. The SMILES string of the molecule is N#CC(=O)Cc1nccs1. The molecule has 0 fully saturated rings. The van der Waals surface area contributed by atoms with Crippen molar-refractivity contribution in [2.24, 2.45) is 0 Å². The number of nitriles is 1. The van der Waals surface area contributed by atoms with Crippen molar-refractivity contribution in [2.45, 2.75) is 6.42 Å². The Morgan fingerprint density at radius 2 is 2.70 bits per heavy atom. The maximum absolute atomic E-state index is 10.5. The molecule has 0 aliphatic heterocycles. The zero-order valence-electron chi connectivity index (χ0n) is 5.07. The first kappa shape index (κ1) is 6.90. The van der Waals surface area contributed by atoms with Crippen molar-refractivity contribution in [3.63, 3.8) is 0 Å². The van der Waals surface area contributed by atoms with E-state index < -0.39 is 5.78 Å². The van der Waals surface area contributed by atoms with Crippen LogP contribution in [-0.2, 0) is 11.2 Å². The molecular formula is C6H4N2OS. The van der Waals surface area contributed by atoms with Gasteiger partial charge in [-0.25, -0.2) is 4.98 Å². The van der Waals surface area contributed by atoms with Gasteiger partial charge in [-0.1, -0.05) is 0 Å². The van der Waals surface area contributed by atoms with Gasteiger partial charge in [0.1, 0.15) is 11.1 Å². The Morgan fingerprint density at radius 3 is 3.20 bits per heavy atom.